The molecule has 0 aromatic heterocycles. The van der Waals surface area contributed by atoms with Crippen LogP contribution in [0.1, 0.15) is 98.8 Å². The summed E-state index contributed by atoms with van der Waals surface area (Å²) in [5, 5.41) is 0. The van der Waals surface area contributed by atoms with Gasteiger partial charge in [-0.05, 0) is 97.9 Å². The van der Waals surface area contributed by atoms with Gasteiger partial charge in [-0.3, -0.25) is 4.79 Å². The summed E-state index contributed by atoms with van der Waals surface area (Å²) in [6, 6.07) is 0. The first-order valence-electron chi connectivity index (χ1n) is 12.5. The van der Waals surface area contributed by atoms with E-state index in [9.17, 15) is 4.79 Å². The highest BCUT2D eigenvalue weighted by Gasteiger charge is 2.61. The number of hydrogen-bond acceptors (Lipinski definition) is 1. The van der Waals surface area contributed by atoms with Crippen molar-refractivity contribution < 1.29 is 4.79 Å². The van der Waals surface area contributed by atoms with Gasteiger partial charge in [0.15, 0.2) is 5.78 Å². The fraction of sp³-hybridized carbons (Fsp3) is 0.889. The van der Waals surface area contributed by atoms with E-state index in [-0.39, 0.29) is 5.41 Å². The van der Waals surface area contributed by atoms with Gasteiger partial charge >= 0.3 is 0 Å². The van der Waals surface area contributed by atoms with Crippen LogP contribution in [0.5, 0.6) is 0 Å². The molecule has 0 amide bonds. The highest BCUT2D eigenvalue weighted by Crippen LogP contribution is 2.67. The predicted molar refractivity (Wildman–Crippen MR) is 118 cm³/mol. The van der Waals surface area contributed by atoms with Gasteiger partial charge in [0.05, 0.1) is 0 Å². The molecule has 0 heterocycles. The molecule has 4 rings (SSSR count). The molecule has 4 aliphatic rings. The fourth-order valence-corrected chi connectivity index (χ4v) is 8.72. The van der Waals surface area contributed by atoms with Crippen LogP contribution in [0.25, 0.3) is 0 Å². The Hall–Kier alpha value is -0.590. The van der Waals surface area contributed by atoms with E-state index in [4.69, 9.17) is 0 Å². The van der Waals surface area contributed by atoms with E-state index in [1.54, 1.807) is 0 Å². The third-order valence-corrected chi connectivity index (χ3v) is 10.3. The fourth-order valence-electron chi connectivity index (χ4n) is 8.72. The summed E-state index contributed by atoms with van der Waals surface area (Å²) in [6.07, 6.45) is 17.7. The third-order valence-electron chi connectivity index (χ3n) is 10.3. The summed E-state index contributed by atoms with van der Waals surface area (Å²) < 4.78 is 0. The van der Waals surface area contributed by atoms with E-state index < -0.39 is 0 Å². The maximum atomic E-state index is 13.0. The van der Waals surface area contributed by atoms with Crippen LogP contribution >= 0.6 is 0 Å². The van der Waals surface area contributed by atoms with E-state index in [0.29, 0.717) is 23.0 Å². The van der Waals surface area contributed by atoms with Gasteiger partial charge < -0.3 is 0 Å². The molecule has 1 heteroatoms. The molecule has 0 spiro atoms. The smallest absolute Gasteiger partial charge is 0.161 e. The molecular weight excluding hydrogens is 340 g/mol. The molecule has 158 valence electrons. The molecule has 0 unspecified atom stereocenters. The minimum absolute atomic E-state index is 0.0556. The Kier molecular flexibility index (Phi) is 5.60. The minimum Gasteiger partial charge on any atom is -0.294 e. The SMILES string of the molecule is CC(C)CCC[C@@H](C)[C@H]1CC[C@H]2[C@@H]3CC[C@@H]4CC=CC(=O)[C@]4(C)[C@H]3CC[C@]12C. The topological polar surface area (TPSA) is 17.1 Å². The first kappa shape index (κ1) is 20.7. The molecular formula is C27H44O. The highest BCUT2D eigenvalue weighted by molar-refractivity contribution is 5.96. The Balaban J connectivity index is 1.50. The quantitative estimate of drug-likeness (QED) is 0.481. The van der Waals surface area contributed by atoms with Gasteiger partial charge in [0.25, 0.3) is 0 Å². The number of allylic oxidation sites excluding steroid dienone is 2. The van der Waals surface area contributed by atoms with Crippen LogP contribution in [0.3, 0.4) is 0 Å². The van der Waals surface area contributed by atoms with Gasteiger partial charge in [-0.25, -0.2) is 0 Å². The Morgan fingerprint density at radius 2 is 1.79 bits per heavy atom. The Morgan fingerprint density at radius 3 is 2.54 bits per heavy atom. The molecule has 3 fully saturated rings. The van der Waals surface area contributed by atoms with Crippen molar-refractivity contribution in [1.29, 1.82) is 0 Å². The van der Waals surface area contributed by atoms with Crippen LogP contribution in [0, 0.1) is 52.3 Å². The maximum Gasteiger partial charge on any atom is 0.161 e. The van der Waals surface area contributed by atoms with E-state index >= 15 is 0 Å². The summed E-state index contributed by atoms with van der Waals surface area (Å²) >= 11 is 0. The van der Waals surface area contributed by atoms with Crippen LogP contribution in [0.15, 0.2) is 12.2 Å². The molecule has 3 saturated carbocycles. The first-order valence-corrected chi connectivity index (χ1v) is 12.5. The highest BCUT2D eigenvalue weighted by atomic mass is 16.1. The van der Waals surface area contributed by atoms with E-state index in [2.05, 4.69) is 40.7 Å². The van der Waals surface area contributed by atoms with Crippen LogP contribution in [0.4, 0.5) is 0 Å². The minimum atomic E-state index is -0.0556. The van der Waals surface area contributed by atoms with Crippen molar-refractivity contribution in [3.05, 3.63) is 12.2 Å². The lowest BCUT2D eigenvalue weighted by Gasteiger charge is -2.59. The van der Waals surface area contributed by atoms with Crippen molar-refractivity contribution in [3.63, 3.8) is 0 Å². The van der Waals surface area contributed by atoms with Crippen molar-refractivity contribution in [2.45, 2.75) is 98.8 Å². The number of carbonyl (C=O) groups is 1. The van der Waals surface area contributed by atoms with Gasteiger partial charge in [-0.2, -0.15) is 0 Å². The van der Waals surface area contributed by atoms with Crippen LogP contribution in [-0.4, -0.2) is 5.78 Å². The first-order chi connectivity index (χ1) is 13.3. The van der Waals surface area contributed by atoms with Gasteiger partial charge in [-0.1, -0.05) is 60.0 Å². The van der Waals surface area contributed by atoms with Crippen LogP contribution < -0.4 is 0 Å². The van der Waals surface area contributed by atoms with Crippen molar-refractivity contribution in [3.8, 4) is 0 Å². The van der Waals surface area contributed by atoms with Gasteiger partial charge in [0.2, 0.25) is 0 Å². The van der Waals surface area contributed by atoms with Crippen LogP contribution in [0.2, 0.25) is 0 Å². The number of carbonyl (C=O) groups excluding carboxylic acids is 1. The summed E-state index contributed by atoms with van der Waals surface area (Å²) in [6.45, 7) is 12.3. The lowest BCUT2D eigenvalue weighted by Crippen LogP contribution is -2.55. The molecule has 0 aromatic carbocycles. The second-order valence-electron chi connectivity index (χ2n) is 12.0. The van der Waals surface area contributed by atoms with E-state index in [1.165, 1.54) is 57.8 Å². The number of hydrogen-bond donors (Lipinski definition) is 0. The van der Waals surface area contributed by atoms with E-state index in [1.807, 2.05) is 6.08 Å². The Bertz CT molecular complexity index is 618. The molecule has 4 aliphatic carbocycles. The zero-order valence-corrected chi connectivity index (χ0v) is 19.2. The molecule has 0 radical (unpaired) electrons. The second kappa shape index (κ2) is 7.59. The van der Waals surface area contributed by atoms with Crippen LogP contribution in [-0.2, 0) is 4.79 Å². The normalized spacial score (nSPS) is 46.2. The van der Waals surface area contributed by atoms with Crippen molar-refractivity contribution in [2.24, 2.45) is 52.3 Å². The number of ketones is 1. The summed E-state index contributed by atoms with van der Waals surface area (Å²) in [5.74, 6) is 6.03. The average Bonchev–Trinajstić information content (AvgIpc) is 3.00. The zero-order chi connectivity index (χ0) is 20.1. The number of rotatable bonds is 5. The lowest BCUT2D eigenvalue weighted by atomic mass is 9.45. The molecule has 0 saturated heterocycles. The predicted octanol–water partition coefficient (Wildman–Crippen LogP) is 7.45. The summed E-state index contributed by atoms with van der Waals surface area (Å²) in [4.78, 5) is 13.0. The summed E-state index contributed by atoms with van der Waals surface area (Å²) in [5.41, 5.74) is 0.481. The van der Waals surface area contributed by atoms with Crippen molar-refractivity contribution in [1.82, 2.24) is 0 Å². The van der Waals surface area contributed by atoms with Crippen molar-refractivity contribution in [2.75, 3.05) is 0 Å². The molecule has 28 heavy (non-hydrogen) atoms. The molecule has 1 nitrogen and oxygen atoms in total. The second-order valence-corrected chi connectivity index (χ2v) is 12.0. The summed E-state index contributed by atoms with van der Waals surface area (Å²) in [7, 11) is 0. The average molecular weight is 385 g/mol. The molecule has 8 atom stereocenters. The zero-order valence-electron chi connectivity index (χ0n) is 19.2. The maximum absolute atomic E-state index is 13.0. The van der Waals surface area contributed by atoms with Crippen molar-refractivity contribution >= 4 is 5.78 Å². The van der Waals surface area contributed by atoms with Gasteiger partial charge in [-0.15, -0.1) is 0 Å². The van der Waals surface area contributed by atoms with Gasteiger partial charge in [0, 0.05) is 5.41 Å². The monoisotopic (exact) mass is 384 g/mol. The molecule has 0 aromatic rings. The molecule has 0 aliphatic heterocycles. The molecule has 0 N–H and O–H groups in total. The Morgan fingerprint density at radius 1 is 1.00 bits per heavy atom. The Labute approximate surface area is 174 Å². The third kappa shape index (κ3) is 3.14. The number of fused-ring (bicyclic) bond motifs is 5. The van der Waals surface area contributed by atoms with E-state index in [0.717, 1.165) is 36.0 Å². The largest absolute Gasteiger partial charge is 0.294 e. The standard InChI is InChI=1S/C27H44O/c1-18(2)8-6-9-19(3)22-14-15-23-21-13-12-20-10-7-11-25(28)27(20,5)24(21)16-17-26(22,23)4/h7,11,18-24H,6,8-10,12-17H2,1-5H3/t19-,20+,21+,22-,23+,24+,26-,27+/m1/s1. The lowest BCUT2D eigenvalue weighted by molar-refractivity contribution is -0.147. The molecule has 0 bridgehead atoms. The van der Waals surface area contributed by atoms with Gasteiger partial charge in [0.1, 0.15) is 0 Å².